The summed E-state index contributed by atoms with van der Waals surface area (Å²) in [5.41, 5.74) is 12.6. The van der Waals surface area contributed by atoms with Gasteiger partial charge >= 0.3 is 0 Å². The number of aromatic nitrogens is 2. The number of hydrazine groups is 2. The lowest BCUT2D eigenvalue weighted by Crippen LogP contribution is -2.44. The van der Waals surface area contributed by atoms with Crippen molar-refractivity contribution in [3.63, 3.8) is 0 Å². The Morgan fingerprint density at radius 3 is 2.75 bits per heavy atom. The first kappa shape index (κ1) is 26.2. The minimum absolute atomic E-state index is 0.256. The predicted molar refractivity (Wildman–Crippen MR) is 159 cm³/mol. The molecule has 1 fully saturated rings. The Morgan fingerprint density at radius 2 is 2.00 bits per heavy atom. The molecule has 40 heavy (non-hydrogen) atoms. The largest absolute Gasteiger partial charge is 0.373 e. The second-order valence-corrected chi connectivity index (χ2v) is 10.7. The van der Waals surface area contributed by atoms with Gasteiger partial charge in [-0.1, -0.05) is 35.3 Å². The number of nitriles is 1. The molecule has 5 N–H and O–H groups in total. The lowest BCUT2D eigenvalue weighted by molar-refractivity contribution is 0.207. The number of rotatable bonds is 7. The average Bonchev–Trinajstić information content (AvgIpc) is 3.67. The van der Waals surface area contributed by atoms with Gasteiger partial charge in [0.1, 0.15) is 6.07 Å². The number of anilines is 3. The number of hydrogen-bond acceptors (Lipinski definition) is 9. The third-order valence-corrected chi connectivity index (χ3v) is 7.86. The Labute approximate surface area is 242 Å². The molecule has 0 spiro atoms. The summed E-state index contributed by atoms with van der Waals surface area (Å²) >= 11 is 13.1. The summed E-state index contributed by atoms with van der Waals surface area (Å²) in [6.07, 6.45) is 8.27. The number of fused-ring (bicyclic) bond motifs is 1. The number of nitrogens with zero attached hydrogens (tertiary/aromatic N) is 4. The number of aryl methyl sites for hydroxylation is 1. The highest BCUT2D eigenvalue weighted by Gasteiger charge is 2.28. The van der Waals surface area contributed by atoms with Crippen LogP contribution < -0.4 is 26.9 Å². The Balaban J connectivity index is 1.40. The summed E-state index contributed by atoms with van der Waals surface area (Å²) in [4.78, 5) is 8.84. The quantitative estimate of drug-likeness (QED) is 0.195. The molecule has 0 saturated carbocycles. The molecular weight excluding hydrogens is 545 g/mol. The van der Waals surface area contributed by atoms with E-state index in [4.69, 9.17) is 23.2 Å². The van der Waals surface area contributed by atoms with Crippen molar-refractivity contribution in [1.82, 2.24) is 31.3 Å². The van der Waals surface area contributed by atoms with Crippen LogP contribution in [0.1, 0.15) is 29.2 Å². The van der Waals surface area contributed by atoms with Gasteiger partial charge in [-0.15, -0.1) is 5.53 Å². The van der Waals surface area contributed by atoms with Crippen LogP contribution in [0.2, 0.25) is 10.0 Å². The van der Waals surface area contributed by atoms with Gasteiger partial charge in [0.2, 0.25) is 0 Å². The fourth-order valence-corrected chi connectivity index (χ4v) is 5.44. The molecule has 2 atom stereocenters. The van der Waals surface area contributed by atoms with Crippen LogP contribution in [0.4, 0.5) is 17.1 Å². The molecular formula is C29H27Cl2N9. The molecule has 1 saturated heterocycles. The molecule has 4 heterocycles. The second kappa shape index (κ2) is 11.2. The summed E-state index contributed by atoms with van der Waals surface area (Å²) in [5.74, 6) is 0. The van der Waals surface area contributed by atoms with Gasteiger partial charge in [0.05, 0.1) is 39.6 Å². The van der Waals surface area contributed by atoms with Gasteiger partial charge in [-0.3, -0.25) is 15.0 Å². The van der Waals surface area contributed by atoms with Crippen molar-refractivity contribution < 1.29 is 0 Å². The van der Waals surface area contributed by atoms with Crippen LogP contribution >= 0.6 is 23.2 Å². The molecule has 0 radical (unpaired) electrons. The highest BCUT2D eigenvalue weighted by atomic mass is 35.5. The summed E-state index contributed by atoms with van der Waals surface area (Å²) in [7, 11) is 0. The molecule has 11 heteroatoms. The standard InChI is InChI=1S/C29H27Cl2N9/c1-17-4-5-20(10-24(17)30)36-27-19(12-32)14-35-29-23(27)9-21(11-25(29)31)37-28(18-3-2-7-33-13-18)26-16-40(39-38-26)22-6-8-34-15-22/h2-5,7,9-11,13-14,16,22,28,34,37-39H,6,8,15H2,1H3,(H,35,36)/t22-,28?/m1/s1. The predicted octanol–water partition coefficient (Wildman–Crippen LogP) is 5.54. The fraction of sp³-hybridized carbons (Fsp3) is 0.207. The lowest BCUT2D eigenvalue weighted by atomic mass is 10.0. The van der Waals surface area contributed by atoms with E-state index in [-0.39, 0.29) is 6.04 Å². The number of benzene rings is 2. The molecule has 2 aromatic heterocycles. The molecule has 9 nitrogen and oxygen atoms in total. The van der Waals surface area contributed by atoms with Crippen molar-refractivity contribution in [1.29, 1.82) is 5.26 Å². The van der Waals surface area contributed by atoms with Gasteiger partial charge < -0.3 is 21.4 Å². The summed E-state index contributed by atoms with van der Waals surface area (Å²) in [5, 5.41) is 24.2. The van der Waals surface area contributed by atoms with Crippen LogP contribution in [-0.2, 0) is 0 Å². The van der Waals surface area contributed by atoms with E-state index < -0.39 is 0 Å². The molecule has 2 aromatic carbocycles. The Kier molecular flexibility index (Phi) is 7.32. The Morgan fingerprint density at radius 1 is 1.12 bits per heavy atom. The van der Waals surface area contributed by atoms with E-state index in [2.05, 4.69) is 54.2 Å². The van der Waals surface area contributed by atoms with Crippen molar-refractivity contribution in [2.45, 2.75) is 25.4 Å². The normalized spacial score (nSPS) is 17.3. The SMILES string of the molecule is Cc1ccc(Nc2c(C#N)cnc3c(Cl)cc(NC(C4=CN([C@@H]5CCNC5)NN4)c4cccnc4)cc23)cc1Cl. The van der Waals surface area contributed by atoms with E-state index in [0.717, 1.165) is 47.7 Å². The van der Waals surface area contributed by atoms with Gasteiger partial charge in [0.25, 0.3) is 0 Å². The van der Waals surface area contributed by atoms with Crippen LogP contribution in [0.5, 0.6) is 0 Å². The second-order valence-electron chi connectivity index (χ2n) is 9.84. The smallest absolute Gasteiger partial charge is 0.103 e. The van der Waals surface area contributed by atoms with Gasteiger partial charge in [-0.05, 0) is 61.3 Å². The number of pyridine rings is 2. The van der Waals surface area contributed by atoms with Crippen LogP contribution in [0.25, 0.3) is 10.9 Å². The number of nitrogens with one attached hydrogen (secondary N) is 5. The van der Waals surface area contributed by atoms with Crippen molar-refractivity contribution in [2.24, 2.45) is 0 Å². The van der Waals surface area contributed by atoms with Crippen molar-refractivity contribution >= 4 is 51.2 Å². The number of hydrogen-bond donors (Lipinski definition) is 5. The Hall–Kier alpha value is -4.07. The van der Waals surface area contributed by atoms with Crippen LogP contribution in [0, 0.1) is 18.3 Å². The number of halogens is 2. The van der Waals surface area contributed by atoms with E-state index in [1.54, 1.807) is 6.20 Å². The van der Waals surface area contributed by atoms with Crippen molar-refractivity contribution in [2.75, 3.05) is 23.7 Å². The maximum atomic E-state index is 9.90. The molecule has 6 rings (SSSR count). The molecule has 0 amide bonds. The lowest BCUT2D eigenvalue weighted by Gasteiger charge is -2.22. The van der Waals surface area contributed by atoms with E-state index in [1.165, 1.54) is 6.20 Å². The van der Waals surface area contributed by atoms with Crippen LogP contribution in [0.3, 0.4) is 0 Å². The topological polar surface area (TPSA) is 113 Å². The van der Waals surface area contributed by atoms with E-state index in [9.17, 15) is 5.26 Å². The molecule has 2 aliphatic heterocycles. The highest BCUT2D eigenvalue weighted by molar-refractivity contribution is 6.36. The minimum atomic E-state index is -0.256. The maximum Gasteiger partial charge on any atom is 0.103 e. The minimum Gasteiger partial charge on any atom is -0.373 e. The average molecular weight is 573 g/mol. The highest BCUT2D eigenvalue weighted by Crippen LogP contribution is 2.37. The fourth-order valence-electron chi connectivity index (χ4n) is 5.00. The monoisotopic (exact) mass is 571 g/mol. The first-order chi connectivity index (χ1) is 19.5. The van der Waals surface area contributed by atoms with E-state index in [1.807, 2.05) is 55.6 Å². The first-order valence-corrected chi connectivity index (χ1v) is 13.7. The molecule has 0 bridgehead atoms. The Bertz CT molecular complexity index is 1630. The molecule has 4 aromatic rings. The van der Waals surface area contributed by atoms with E-state index in [0.29, 0.717) is 38.2 Å². The third-order valence-electron chi connectivity index (χ3n) is 7.16. The summed E-state index contributed by atoms with van der Waals surface area (Å²) in [6, 6.07) is 15.8. The van der Waals surface area contributed by atoms with Crippen molar-refractivity contribution in [3.8, 4) is 6.07 Å². The van der Waals surface area contributed by atoms with Gasteiger partial charge in [-0.25, -0.2) is 0 Å². The van der Waals surface area contributed by atoms with E-state index >= 15 is 0 Å². The molecule has 1 unspecified atom stereocenters. The first-order valence-electron chi connectivity index (χ1n) is 12.9. The van der Waals surface area contributed by atoms with Gasteiger partial charge in [-0.2, -0.15) is 5.26 Å². The third kappa shape index (κ3) is 5.22. The summed E-state index contributed by atoms with van der Waals surface area (Å²) < 4.78 is 0. The molecule has 202 valence electrons. The van der Waals surface area contributed by atoms with Gasteiger partial charge in [0.15, 0.2) is 0 Å². The zero-order valence-corrected chi connectivity index (χ0v) is 23.2. The maximum absolute atomic E-state index is 9.90. The summed E-state index contributed by atoms with van der Waals surface area (Å²) in [6.45, 7) is 3.86. The zero-order chi connectivity index (χ0) is 27.6. The van der Waals surface area contributed by atoms with Crippen LogP contribution in [0.15, 0.2) is 73.0 Å². The van der Waals surface area contributed by atoms with Crippen LogP contribution in [-0.4, -0.2) is 34.1 Å². The molecule has 2 aliphatic rings. The molecule has 0 aliphatic carbocycles. The zero-order valence-electron chi connectivity index (χ0n) is 21.7. The van der Waals surface area contributed by atoms with Crippen molar-refractivity contribution in [3.05, 3.63) is 99.7 Å². The van der Waals surface area contributed by atoms with Gasteiger partial charge in [0, 0.05) is 53.1 Å².